The summed E-state index contributed by atoms with van der Waals surface area (Å²) in [5, 5.41) is 63.2. The standard InChI is InChI=1S/C41H52O9/c1-7-48-23-29-17-34(14-26(20-42)38(29)46)40(4,5)32-10-12-33(13-11-32)41(6,35-15-27(21-43)37(45)28(16-35)22-44)36-18-30(24-49-8-2)39(47)31(19-36)25-50-9-3/h10-19,42-47H,7-9,20-25H2,1-6H3. The van der Waals surface area contributed by atoms with Crippen LogP contribution in [0.5, 0.6) is 17.2 Å². The lowest BCUT2D eigenvalue weighted by Crippen LogP contribution is -2.27. The van der Waals surface area contributed by atoms with Crippen LogP contribution in [0.3, 0.4) is 0 Å². The van der Waals surface area contributed by atoms with Crippen LogP contribution >= 0.6 is 0 Å². The maximum absolute atomic E-state index is 11.2. The lowest BCUT2D eigenvalue weighted by Gasteiger charge is -2.35. The number of hydrogen-bond donors (Lipinski definition) is 6. The van der Waals surface area contributed by atoms with E-state index in [2.05, 4.69) is 13.8 Å². The average molecular weight is 689 g/mol. The van der Waals surface area contributed by atoms with E-state index in [-0.39, 0.29) is 54.8 Å². The van der Waals surface area contributed by atoms with Gasteiger partial charge < -0.3 is 44.8 Å². The molecular weight excluding hydrogens is 636 g/mol. The summed E-state index contributed by atoms with van der Waals surface area (Å²) in [5.74, 6) is -0.0168. The second-order valence-electron chi connectivity index (χ2n) is 13.1. The van der Waals surface area contributed by atoms with Crippen LogP contribution in [0.15, 0.2) is 60.7 Å². The van der Waals surface area contributed by atoms with Gasteiger partial charge >= 0.3 is 0 Å². The number of aliphatic hydroxyl groups is 3. The average Bonchev–Trinajstić information content (AvgIpc) is 3.13. The smallest absolute Gasteiger partial charge is 0.126 e. The molecule has 1 unspecified atom stereocenters. The number of phenolic OH excluding ortho intramolecular Hbond substituents is 1. The maximum Gasteiger partial charge on any atom is 0.126 e. The summed E-state index contributed by atoms with van der Waals surface area (Å²) in [6.45, 7) is 12.7. The minimum atomic E-state index is -0.910. The van der Waals surface area contributed by atoms with Crippen LogP contribution in [0.1, 0.15) is 103 Å². The molecule has 1 atom stereocenters. The minimum absolute atomic E-state index is 0.0336. The third-order valence-electron chi connectivity index (χ3n) is 9.76. The molecule has 9 nitrogen and oxygen atoms in total. The van der Waals surface area contributed by atoms with Crippen molar-refractivity contribution in [1.29, 1.82) is 0 Å². The lowest BCUT2D eigenvalue weighted by molar-refractivity contribution is 0.126. The first kappa shape index (κ1) is 38.8. The van der Waals surface area contributed by atoms with Crippen LogP contribution in [0.2, 0.25) is 0 Å². The molecule has 0 fully saturated rings. The number of aromatic hydroxyl groups is 3. The van der Waals surface area contributed by atoms with E-state index < -0.39 is 24.0 Å². The van der Waals surface area contributed by atoms with Gasteiger partial charge in [0.05, 0.1) is 39.6 Å². The van der Waals surface area contributed by atoms with Gasteiger partial charge in [0.25, 0.3) is 0 Å². The van der Waals surface area contributed by atoms with Gasteiger partial charge in [-0.05, 0) is 91.9 Å². The summed E-state index contributed by atoms with van der Waals surface area (Å²) in [5.41, 5.74) is 5.67. The Morgan fingerprint density at radius 2 is 0.740 bits per heavy atom. The normalized spacial score (nSPS) is 13.1. The molecule has 4 aromatic carbocycles. The molecule has 0 radical (unpaired) electrons. The van der Waals surface area contributed by atoms with Crippen molar-refractivity contribution in [3.63, 3.8) is 0 Å². The van der Waals surface area contributed by atoms with Gasteiger partial charge in [-0.3, -0.25) is 0 Å². The Balaban J connectivity index is 1.95. The van der Waals surface area contributed by atoms with Gasteiger partial charge in [-0.25, -0.2) is 0 Å². The summed E-state index contributed by atoms with van der Waals surface area (Å²) in [6.07, 6.45) is 0. The molecule has 0 bridgehead atoms. The fourth-order valence-corrected chi connectivity index (χ4v) is 6.43. The number of ether oxygens (including phenoxy) is 3. The fourth-order valence-electron chi connectivity index (χ4n) is 6.43. The van der Waals surface area contributed by atoms with Crippen LogP contribution in [0, 0.1) is 0 Å². The molecule has 0 saturated heterocycles. The van der Waals surface area contributed by atoms with E-state index in [9.17, 15) is 30.6 Å². The van der Waals surface area contributed by atoms with Crippen molar-refractivity contribution in [3.8, 4) is 17.2 Å². The summed E-state index contributed by atoms with van der Waals surface area (Å²) in [6, 6.07) is 19.2. The first-order chi connectivity index (χ1) is 23.9. The Bertz CT molecular complexity index is 1690. The predicted octanol–water partition coefficient (Wildman–Crippen LogP) is 6.57. The predicted molar refractivity (Wildman–Crippen MR) is 192 cm³/mol. The largest absolute Gasteiger partial charge is 0.507 e. The lowest BCUT2D eigenvalue weighted by atomic mass is 9.68. The molecular formula is C41H52O9. The molecule has 0 amide bonds. The van der Waals surface area contributed by atoms with Gasteiger partial charge in [0, 0.05) is 64.0 Å². The molecule has 0 aliphatic heterocycles. The highest BCUT2D eigenvalue weighted by Crippen LogP contribution is 2.45. The van der Waals surface area contributed by atoms with Crippen LogP contribution < -0.4 is 0 Å². The van der Waals surface area contributed by atoms with Crippen molar-refractivity contribution in [2.24, 2.45) is 0 Å². The minimum Gasteiger partial charge on any atom is -0.507 e. The molecule has 270 valence electrons. The van der Waals surface area contributed by atoms with E-state index >= 15 is 0 Å². The molecule has 50 heavy (non-hydrogen) atoms. The molecule has 0 aromatic heterocycles. The van der Waals surface area contributed by atoms with Crippen molar-refractivity contribution in [1.82, 2.24) is 0 Å². The zero-order valence-electron chi connectivity index (χ0n) is 30.0. The van der Waals surface area contributed by atoms with E-state index in [1.54, 1.807) is 12.1 Å². The number of phenols is 3. The highest BCUT2D eigenvalue weighted by atomic mass is 16.5. The summed E-state index contributed by atoms with van der Waals surface area (Å²) >= 11 is 0. The summed E-state index contributed by atoms with van der Waals surface area (Å²) in [7, 11) is 0. The molecule has 0 aliphatic rings. The second kappa shape index (κ2) is 16.8. The number of hydrogen-bond acceptors (Lipinski definition) is 9. The van der Waals surface area contributed by atoms with Crippen molar-refractivity contribution >= 4 is 0 Å². The van der Waals surface area contributed by atoms with Gasteiger partial charge in [-0.1, -0.05) is 38.1 Å². The van der Waals surface area contributed by atoms with Crippen LogP contribution in [-0.4, -0.2) is 50.5 Å². The Labute approximate surface area is 295 Å². The topological polar surface area (TPSA) is 149 Å². The first-order valence-electron chi connectivity index (χ1n) is 17.1. The van der Waals surface area contributed by atoms with Crippen molar-refractivity contribution in [2.45, 2.75) is 92.0 Å². The molecule has 0 aliphatic carbocycles. The number of benzene rings is 4. The zero-order valence-corrected chi connectivity index (χ0v) is 30.0. The highest BCUT2D eigenvalue weighted by molar-refractivity contribution is 5.58. The maximum atomic E-state index is 11.2. The van der Waals surface area contributed by atoms with Gasteiger partial charge in [-0.15, -0.1) is 0 Å². The van der Waals surface area contributed by atoms with Gasteiger partial charge in [0.1, 0.15) is 17.2 Å². The third kappa shape index (κ3) is 7.84. The quantitative estimate of drug-likeness (QED) is 0.0678. The molecule has 4 aromatic rings. The molecule has 6 N–H and O–H groups in total. The second-order valence-corrected chi connectivity index (χ2v) is 13.1. The van der Waals surface area contributed by atoms with E-state index in [1.165, 1.54) is 0 Å². The Morgan fingerprint density at radius 3 is 1.12 bits per heavy atom. The summed E-state index contributed by atoms with van der Waals surface area (Å²) < 4.78 is 17.1. The molecule has 9 heteroatoms. The van der Waals surface area contributed by atoms with Gasteiger partial charge in [0.15, 0.2) is 0 Å². The summed E-state index contributed by atoms with van der Waals surface area (Å²) in [4.78, 5) is 0. The van der Waals surface area contributed by atoms with E-state index in [1.807, 2.05) is 76.2 Å². The third-order valence-corrected chi connectivity index (χ3v) is 9.76. The van der Waals surface area contributed by atoms with Crippen molar-refractivity contribution in [2.75, 3.05) is 19.8 Å². The Morgan fingerprint density at radius 1 is 0.440 bits per heavy atom. The van der Waals surface area contributed by atoms with Crippen LogP contribution in [-0.2, 0) is 64.7 Å². The van der Waals surface area contributed by atoms with E-state index in [0.29, 0.717) is 42.1 Å². The fraction of sp³-hybridized carbons (Fsp3) is 0.415. The monoisotopic (exact) mass is 688 g/mol. The molecule has 0 spiro atoms. The number of rotatable bonds is 17. The van der Waals surface area contributed by atoms with E-state index in [4.69, 9.17) is 14.2 Å². The van der Waals surface area contributed by atoms with Gasteiger partial charge in [-0.2, -0.15) is 0 Å². The van der Waals surface area contributed by atoms with E-state index in [0.717, 1.165) is 27.8 Å². The first-order valence-corrected chi connectivity index (χ1v) is 17.1. The Kier molecular flexibility index (Phi) is 13.1. The molecule has 0 heterocycles. The van der Waals surface area contributed by atoms with Crippen molar-refractivity contribution in [3.05, 3.63) is 122 Å². The van der Waals surface area contributed by atoms with Crippen molar-refractivity contribution < 1.29 is 44.8 Å². The van der Waals surface area contributed by atoms with Crippen LogP contribution in [0.4, 0.5) is 0 Å². The SMILES string of the molecule is CCOCc1cc(C(C)(C)c2ccc(C(C)(c3cc(CO)c(O)c(CO)c3)c3cc(COCC)c(O)c(COCC)c3)cc2)cc(CO)c1O. The Hall–Kier alpha value is -3.96. The highest BCUT2D eigenvalue weighted by Gasteiger charge is 2.35. The molecule has 4 rings (SSSR count). The zero-order chi connectivity index (χ0) is 36.6. The van der Waals surface area contributed by atoms with Gasteiger partial charge in [0.2, 0.25) is 0 Å². The van der Waals surface area contributed by atoms with Crippen LogP contribution in [0.25, 0.3) is 0 Å². The number of aliphatic hydroxyl groups excluding tert-OH is 3. The molecule has 0 saturated carbocycles.